The van der Waals surface area contributed by atoms with Gasteiger partial charge in [-0.15, -0.1) is 0 Å². The fourth-order valence-corrected chi connectivity index (χ4v) is 1.27. The van der Waals surface area contributed by atoms with Gasteiger partial charge >= 0.3 is 0 Å². The average molecular weight is 226 g/mol. The number of aromatic nitrogens is 2. The number of pyridine rings is 2. The van der Waals surface area contributed by atoms with Crippen molar-refractivity contribution >= 4 is 11.6 Å². The van der Waals surface area contributed by atoms with Crippen LogP contribution in [0.3, 0.4) is 0 Å². The van der Waals surface area contributed by atoms with Gasteiger partial charge in [-0.05, 0) is 6.07 Å². The number of rotatable bonds is 1. The molecule has 0 aromatic carbocycles. The third kappa shape index (κ3) is 2.10. The molecule has 0 aliphatic heterocycles. The van der Waals surface area contributed by atoms with Crippen LogP contribution in [0.15, 0.2) is 24.5 Å². The molecule has 0 fully saturated rings. The molecule has 0 spiro atoms. The summed E-state index contributed by atoms with van der Waals surface area (Å²) in [5.41, 5.74) is 0.341. The first-order valence-corrected chi connectivity index (χ1v) is 4.40. The van der Waals surface area contributed by atoms with Crippen molar-refractivity contribution in [2.24, 2.45) is 0 Å². The molecule has 1 radical (unpaired) electrons. The summed E-state index contributed by atoms with van der Waals surface area (Å²) in [6, 6.07) is 4.86. The van der Waals surface area contributed by atoms with E-state index in [4.69, 9.17) is 11.6 Å². The first-order chi connectivity index (χ1) is 7.16. The summed E-state index contributed by atoms with van der Waals surface area (Å²) in [7, 11) is 0. The molecule has 0 amide bonds. The van der Waals surface area contributed by atoms with E-state index in [-0.39, 0.29) is 10.8 Å². The Morgan fingerprint density at radius 3 is 2.73 bits per heavy atom. The van der Waals surface area contributed by atoms with Crippen LogP contribution in [0.5, 0.6) is 0 Å². The highest BCUT2D eigenvalue weighted by Crippen LogP contribution is 2.21. The molecule has 2 aromatic heterocycles. The molecule has 0 saturated carbocycles. The minimum Gasteiger partial charge on any atom is -0.250 e. The minimum atomic E-state index is -0.756. The van der Waals surface area contributed by atoms with Crippen LogP contribution in [0.25, 0.3) is 11.3 Å². The van der Waals surface area contributed by atoms with Gasteiger partial charge in [0, 0.05) is 23.9 Å². The summed E-state index contributed by atoms with van der Waals surface area (Å²) in [4.78, 5) is 7.32. The zero-order valence-electron chi connectivity index (χ0n) is 7.34. The topological polar surface area (TPSA) is 25.8 Å². The van der Waals surface area contributed by atoms with E-state index in [0.29, 0.717) is 5.56 Å². The normalized spacial score (nSPS) is 10.3. The van der Waals surface area contributed by atoms with Gasteiger partial charge in [-0.25, -0.2) is 13.8 Å². The van der Waals surface area contributed by atoms with Crippen LogP contribution in [-0.4, -0.2) is 9.97 Å². The summed E-state index contributed by atoms with van der Waals surface area (Å²) < 4.78 is 25.9. The van der Waals surface area contributed by atoms with Crippen molar-refractivity contribution < 1.29 is 8.78 Å². The van der Waals surface area contributed by atoms with Gasteiger partial charge in [-0.1, -0.05) is 11.6 Å². The number of hydrogen-bond donors (Lipinski definition) is 0. The predicted octanol–water partition coefficient (Wildman–Crippen LogP) is 2.88. The molecule has 2 rings (SSSR count). The summed E-state index contributed by atoms with van der Waals surface area (Å²) in [6.45, 7) is 0. The Morgan fingerprint density at radius 2 is 2.07 bits per heavy atom. The lowest BCUT2D eigenvalue weighted by molar-refractivity contribution is 0.576. The Labute approximate surface area is 89.6 Å². The Balaban J connectivity index is 2.54. The SMILES string of the molecule is Fc1cnc(-c2[c]c(Cl)ncc2)c(F)c1. The third-order valence-corrected chi connectivity index (χ3v) is 1.92. The van der Waals surface area contributed by atoms with Crippen molar-refractivity contribution in [3.63, 3.8) is 0 Å². The van der Waals surface area contributed by atoms with Crippen LogP contribution >= 0.6 is 11.6 Å². The average Bonchev–Trinajstić information content (AvgIpc) is 2.17. The summed E-state index contributed by atoms with van der Waals surface area (Å²) in [5, 5.41) is 0.109. The van der Waals surface area contributed by atoms with Crippen molar-refractivity contribution in [1.82, 2.24) is 9.97 Å². The van der Waals surface area contributed by atoms with Gasteiger partial charge in [-0.2, -0.15) is 0 Å². The first kappa shape index (κ1) is 9.98. The second kappa shape index (κ2) is 3.90. The standard InChI is InChI=1S/C10H4ClF2N2/c11-9-3-6(1-2-14-9)10-8(13)4-7(12)5-15-10/h1-2,4-5H. The fourth-order valence-electron chi connectivity index (χ4n) is 1.11. The number of halogens is 3. The maximum Gasteiger partial charge on any atom is 0.152 e. The fraction of sp³-hybridized carbons (Fsp3) is 0. The van der Waals surface area contributed by atoms with Crippen LogP contribution in [0.2, 0.25) is 5.15 Å². The monoisotopic (exact) mass is 225 g/mol. The van der Waals surface area contributed by atoms with Crippen molar-refractivity contribution in [2.45, 2.75) is 0 Å². The molecule has 0 aliphatic rings. The quantitative estimate of drug-likeness (QED) is 0.698. The van der Waals surface area contributed by atoms with Crippen molar-refractivity contribution in [1.29, 1.82) is 0 Å². The summed E-state index contributed by atoms with van der Waals surface area (Å²) in [5.74, 6) is -1.48. The molecule has 15 heavy (non-hydrogen) atoms. The van der Waals surface area contributed by atoms with Crippen molar-refractivity contribution in [3.05, 3.63) is 47.4 Å². The lowest BCUT2D eigenvalue weighted by Crippen LogP contribution is -1.91. The molecule has 2 aromatic rings. The molecule has 0 saturated heterocycles. The molecular formula is C10H4ClF2N2. The Hall–Kier alpha value is -1.55. The van der Waals surface area contributed by atoms with Gasteiger partial charge in [0.2, 0.25) is 0 Å². The van der Waals surface area contributed by atoms with Gasteiger partial charge in [0.15, 0.2) is 5.82 Å². The van der Waals surface area contributed by atoms with Gasteiger partial charge < -0.3 is 0 Å². The van der Waals surface area contributed by atoms with Crippen LogP contribution < -0.4 is 0 Å². The zero-order chi connectivity index (χ0) is 10.8. The molecular weight excluding hydrogens is 222 g/mol. The van der Waals surface area contributed by atoms with Gasteiger partial charge in [0.25, 0.3) is 0 Å². The van der Waals surface area contributed by atoms with Gasteiger partial charge in [0.1, 0.15) is 16.7 Å². The molecule has 2 nitrogen and oxygen atoms in total. The lowest BCUT2D eigenvalue weighted by Gasteiger charge is -2.01. The first-order valence-electron chi connectivity index (χ1n) is 4.02. The number of hydrogen-bond acceptors (Lipinski definition) is 2. The van der Waals surface area contributed by atoms with E-state index in [1.807, 2.05) is 0 Å². The minimum absolute atomic E-state index is 0.000648. The second-order valence-corrected chi connectivity index (χ2v) is 3.12. The van der Waals surface area contributed by atoms with Crippen LogP contribution in [0, 0.1) is 17.7 Å². The molecule has 0 bridgehead atoms. The highest BCUT2D eigenvalue weighted by molar-refractivity contribution is 6.29. The predicted molar refractivity (Wildman–Crippen MR) is 51.2 cm³/mol. The molecule has 2 heterocycles. The summed E-state index contributed by atoms with van der Waals surface area (Å²) in [6.07, 6.45) is 2.33. The molecule has 75 valence electrons. The molecule has 0 aliphatic carbocycles. The van der Waals surface area contributed by atoms with Crippen LogP contribution in [-0.2, 0) is 0 Å². The van der Waals surface area contributed by atoms with E-state index in [1.54, 1.807) is 0 Å². The van der Waals surface area contributed by atoms with E-state index < -0.39 is 11.6 Å². The molecule has 0 N–H and O–H groups in total. The maximum atomic E-state index is 13.3. The smallest absolute Gasteiger partial charge is 0.152 e. The largest absolute Gasteiger partial charge is 0.250 e. The van der Waals surface area contributed by atoms with Crippen molar-refractivity contribution in [3.8, 4) is 11.3 Å². The Kier molecular flexibility index (Phi) is 2.60. The Morgan fingerprint density at radius 1 is 1.27 bits per heavy atom. The zero-order valence-corrected chi connectivity index (χ0v) is 8.09. The maximum absolute atomic E-state index is 13.3. The molecule has 0 atom stereocenters. The lowest BCUT2D eigenvalue weighted by atomic mass is 10.2. The molecule has 5 heteroatoms. The van der Waals surface area contributed by atoms with E-state index in [2.05, 4.69) is 16.0 Å². The van der Waals surface area contributed by atoms with Gasteiger partial charge in [-0.3, -0.25) is 4.98 Å². The Bertz CT molecular complexity index is 503. The third-order valence-electron chi connectivity index (χ3n) is 1.73. The number of nitrogens with zero attached hydrogens (tertiary/aromatic N) is 2. The van der Waals surface area contributed by atoms with Gasteiger partial charge in [0.05, 0.1) is 6.20 Å². The van der Waals surface area contributed by atoms with E-state index in [1.165, 1.54) is 12.3 Å². The van der Waals surface area contributed by atoms with Crippen LogP contribution in [0.4, 0.5) is 8.78 Å². The van der Waals surface area contributed by atoms with Crippen molar-refractivity contribution in [2.75, 3.05) is 0 Å². The van der Waals surface area contributed by atoms with E-state index in [9.17, 15) is 8.78 Å². The molecule has 0 unspecified atom stereocenters. The van der Waals surface area contributed by atoms with E-state index in [0.717, 1.165) is 12.3 Å². The highest BCUT2D eigenvalue weighted by Gasteiger charge is 2.08. The van der Waals surface area contributed by atoms with Crippen LogP contribution in [0.1, 0.15) is 0 Å². The second-order valence-electron chi connectivity index (χ2n) is 2.76. The van der Waals surface area contributed by atoms with E-state index >= 15 is 0 Å². The summed E-state index contributed by atoms with van der Waals surface area (Å²) >= 11 is 5.59. The highest BCUT2D eigenvalue weighted by atomic mass is 35.5.